The quantitative estimate of drug-likeness (QED) is 0.717. The number of likely N-dealkylation sites (N-methyl/N-ethyl adjacent to an activating group) is 1. The van der Waals surface area contributed by atoms with Gasteiger partial charge in [0.2, 0.25) is 5.91 Å². The lowest BCUT2D eigenvalue weighted by molar-refractivity contribution is -0.129. The number of hydrogen-bond donors (Lipinski definition) is 2. The third-order valence-electron chi connectivity index (χ3n) is 3.06. The van der Waals surface area contributed by atoms with Crippen LogP contribution in [0.1, 0.15) is 47.0 Å². The Bertz CT molecular complexity index is 219. The van der Waals surface area contributed by atoms with Gasteiger partial charge in [-0.05, 0) is 46.6 Å². The Balaban J connectivity index is 2.48. The molecular formula is C11H22N2O. The van der Waals surface area contributed by atoms with E-state index in [0.717, 1.165) is 19.4 Å². The highest BCUT2D eigenvalue weighted by molar-refractivity contribution is 5.86. The van der Waals surface area contributed by atoms with Crippen molar-refractivity contribution in [3.8, 4) is 0 Å². The van der Waals surface area contributed by atoms with Crippen LogP contribution in [-0.2, 0) is 4.79 Å². The van der Waals surface area contributed by atoms with Crippen molar-refractivity contribution >= 4 is 5.91 Å². The molecule has 2 N–H and O–H groups in total. The van der Waals surface area contributed by atoms with E-state index in [1.165, 1.54) is 6.42 Å². The second-order valence-electron chi connectivity index (χ2n) is 5.02. The van der Waals surface area contributed by atoms with Crippen molar-refractivity contribution in [2.45, 2.75) is 58.0 Å². The van der Waals surface area contributed by atoms with Gasteiger partial charge in [-0.1, -0.05) is 6.92 Å². The molecule has 1 saturated carbocycles. The van der Waals surface area contributed by atoms with E-state index in [2.05, 4.69) is 17.6 Å². The smallest absolute Gasteiger partial charge is 0.240 e. The molecule has 0 radical (unpaired) electrons. The van der Waals surface area contributed by atoms with Crippen LogP contribution in [0.2, 0.25) is 0 Å². The maximum absolute atomic E-state index is 11.9. The van der Waals surface area contributed by atoms with Crippen molar-refractivity contribution in [2.24, 2.45) is 0 Å². The van der Waals surface area contributed by atoms with Gasteiger partial charge in [-0.2, -0.15) is 0 Å². The molecule has 1 aliphatic rings. The lowest BCUT2D eigenvalue weighted by atomic mass is 9.78. The number of amides is 1. The first-order valence-electron chi connectivity index (χ1n) is 5.47. The second-order valence-corrected chi connectivity index (χ2v) is 5.02. The number of carbonyl (C=O) groups excluding carboxylic acids is 1. The highest BCUT2D eigenvalue weighted by atomic mass is 16.2. The van der Waals surface area contributed by atoms with E-state index in [1.807, 2.05) is 20.8 Å². The molecule has 0 spiro atoms. The lowest BCUT2D eigenvalue weighted by Gasteiger charge is -2.41. The highest BCUT2D eigenvalue weighted by Crippen LogP contribution is 2.31. The molecule has 1 fully saturated rings. The number of hydrogen-bond acceptors (Lipinski definition) is 2. The Kier molecular flexibility index (Phi) is 3.20. The topological polar surface area (TPSA) is 41.1 Å². The SMILES string of the molecule is CCNC(C)(C)C(=O)NC1(C)CCC1. The molecule has 0 aromatic heterocycles. The standard InChI is InChI=1S/C11H22N2O/c1-5-12-10(2,3)9(14)13-11(4)7-6-8-11/h12H,5-8H2,1-4H3,(H,13,14). The van der Waals surface area contributed by atoms with E-state index in [0.29, 0.717) is 0 Å². The summed E-state index contributed by atoms with van der Waals surface area (Å²) in [6.07, 6.45) is 3.46. The highest BCUT2D eigenvalue weighted by Gasteiger charge is 2.37. The summed E-state index contributed by atoms with van der Waals surface area (Å²) in [5.74, 6) is 0.113. The van der Waals surface area contributed by atoms with Crippen LogP contribution in [0.4, 0.5) is 0 Å². The zero-order valence-corrected chi connectivity index (χ0v) is 9.74. The average molecular weight is 198 g/mol. The number of carbonyl (C=O) groups is 1. The Morgan fingerprint density at radius 1 is 1.43 bits per heavy atom. The van der Waals surface area contributed by atoms with Crippen LogP contribution < -0.4 is 10.6 Å². The second kappa shape index (κ2) is 3.89. The van der Waals surface area contributed by atoms with Crippen molar-refractivity contribution in [3.05, 3.63) is 0 Å². The van der Waals surface area contributed by atoms with Gasteiger partial charge in [0.15, 0.2) is 0 Å². The van der Waals surface area contributed by atoms with Crippen LogP contribution in [0.5, 0.6) is 0 Å². The summed E-state index contributed by atoms with van der Waals surface area (Å²) in [4.78, 5) is 11.9. The summed E-state index contributed by atoms with van der Waals surface area (Å²) in [7, 11) is 0. The summed E-state index contributed by atoms with van der Waals surface area (Å²) in [6, 6.07) is 0. The van der Waals surface area contributed by atoms with Gasteiger partial charge in [0.1, 0.15) is 0 Å². The van der Waals surface area contributed by atoms with Crippen LogP contribution >= 0.6 is 0 Å². The molecule has 0 atom stereocenters. The monoisotopic (exact) mass is 198 g/mol. The van der Waals surface area contributed by atoms with Gasteiger partial charge >= 0.3 is 0 Å². The third-order valence-corrected chi connectivity index (χ3v) is 3.06. The number of rotatable bonds is 4. The van der Waals surface area contributed by atoms with Gasteiger partial charge < -0.3 is 10.6 Å². The lowest BCUT2D eigenvalue weighted by Crippen LogP contribution is -2.60. The maximum Gasteiger partial charge on any atom is 0.240 e. The molecule has 0 heterocycles. The van der Waals surface area contributed by atoms with Gasteiger partial charge in [-0.15, -0.1) is 0 Å². The van der Waals surface area contributed by atoms with E-state index >= 15 is 0 Å². The Hall–Kier alpha value is -0.570. The molecule has 82 valence electrons. The van der Waals surface area contributed by atoms with Crippen molar-refractivity contribution in [1.82, 2.24) is 10.6 Å². The van der Waals surface area contributed by atoms with E-state index in [4.69, 9.17) is 0 Å². The minimum absolute atomic E-state index is 0.0593. The molecule has 0 aromatic rings. The molecule has 0 saturated heterocycles. The summed E-state index contributed by atoms with van der Waals surface area (Å²) >= 11 is 0. The molecule has 0 unspecified atom stereocenters. The molecule has 1 amide bonds. The zero-order valence-electron chi connectivity index (χ0n) is 9.74. The molecule has 1 rings (SSSR count). The van der Waals surface area contributed by atoms with Crippen LogP contribution in [0.15, 0.2) is 0 Å². The minimum atomic E-state index is -0.451. The largest absolute Gasteiger partial charge is 0.349 e. The van der Waals surface area contributed by atoms with Crippen LogP contribution in [0.3, 0.4) is 0 Å². The molecule has 3 nitrogen and oxygen atoms in total. The number of nitrogens with one attached hydrogen (secondary N) is 2. The summed E-state index contributed by atoms with van der Waals surface area (Å²) in [5.41, 5.74) is -0.392. The fraction of sp³-hybridized carbons (Fsp3) is 0.909. The van der Waals surface area contributed by atoms with Crippen molar-refractivity contribution in [1.29, 1.82) is 0 Å². The van der Waals surface area contributed by atoms with Crippen molar-refractivity contribution in [3.63, 3.8) is 0 Å². The Labute approximate surface area is 86.6 Å². The molecular weight excluding hydrogens is 176 g/mol. The summed E-state index contributed by atoms with van der Waals surface area (Å²) in [6.45, 7) is 8.80. The van der Waals surface area contributed by atoms with Crippen LogP contribution in [0, 0.1) is 0 Å². The predicted molar refractivity (Wildman–Crippen MR) is 58.2 cm³/mol. The first-order chi connectivity index (χ1) is 6.40. The fourth-order valence-electron chi connectivity index (χ4n) is 1.78. The first kappa shape index (κ1) is 11.5. The van der Waals surface area contributed by atoms with Crippen molar-refractivity contribution < 1.29 is 4.79 Å². The summed E-state index contributed by atoms with van der Waals surface area (Å²) in [5, 5.41) is 6.30. The van der Waals surface area contributed by atoms with E-state index in [9.17, 15) is 4.79 Å². The van der Waals surface area contributed by atoms with E-state index in [1.54, 1.807) is 0 Å². The molecule has 0 aliphatic heterocycles. The molecule has 3 heteroatoms. The molecule has 0 aromatic carbocycles. The van der Waals surface area contributed by atoms with Gasteiger partial charge in [-0.25, -0.2) is 0 Å². The van der Waals surface area contributed by atoms with E-state index < -0.39 is 5.54 Å². The van der Waals surface area contributed by atoms with Crippen LogP contribution in [-0.4, -0.2) is 23.5 Å². The Morgan fingerprint density at radius 3 is 2.36 bits per heavy atom. The third kappa shape index (κ3) is 2.47. The molecule has 0 bridgehead atoms. The average Bonchev–Trinajstić information content (AvgIpc) is 2.01. The van der Waals surface area contributed by atoms with Crippen LogP contribution in [0.25, 0.3) is 0 Å². The maximum atomic E-state index is 11.9. The Morgan fingerprint density at radius 2 is 2.00 bits per heavy atom. The first-order valence-corrected chi connectivity index (χ1v) is 5.47. The zero-order chi connectivity index (χ0) is 10.8. The normalized spacial score (nSPS) is 20.0. The minimum Gasteiger partial charge on any atom is -0.349 e. The summed E-state index contributed by atoms with van der Waals surface area (Å²) < 4.78 is 0. The molecule has 14 heavy (non-hydrogen) atoms. The predicted octanol–water partition coefficient (Wildman–Crippen LogP) is 1.43. The fourth-order valence-corrected chi connectivity index (χ4v) is 1.78. The van der Waals surface area contributed by atoms with Gasteiger partial charge in [0.25, 0.3) is 0 Å². The van der Waals surface area contributed by atoms with Crippen molar-refractivity contribution in [2.75, 3.05) is 6.54 Å². The van der Waals surface area contributed by atoms with Gasteiger partial charge in [0.05, 0.1) is 5.54 Å². The van der Waals surface area contributed by atoms with E-state index in [-0.39, 0.29) is 11.4 Å². The van der Waals surface area contributed by atoms with Gasteiger partial charge in [-0.3, -0.25) is 4.79 Å². The van der Waals surface area contributed by atoms with Gasteiger partial charge in [0, 0.05) is 5.54 Å². The molecule has 1 aliphatic carbocycles.